The number of nitrogens with zero attached hydrogens (tertiary/aromatic N) is 1. The minimum absolute atomic E-state index is 0.0572. The number of benzene rings is 1. The Labute approximate surface area is 117 Å². The minimum atomic E-state index is -0.0572. The van der Waals surface area contributed by atoms with Gasteiger partial charge in [-0.25, -0.2) is 0 Å². The number of hydrogen-bond acceptors (Lipinski definition) is 2. The summed E-state index contributed by atoms with van der Waals surface area (Å²) in [5.41, 5.74) is 5.73. The number of piperidine rings is 1. The topological polar surface area (TPSA) is 23.5 Å². The van der Waals surface area contributed by atoms with Crippen molar-refractivity contribution in [2.75, 3.05) is 19.6 Å². The van der Waals surface area contributed by atoms with E-state index in [1.165, 1.54) is 41.6 Å². The van der Waals surface area contributed by atoms with Crippen molar-refractivity contribution in [3.05, 3.63) is 34.4 Å². The number of likely N-dealkylation sites (tertiary alicyclic amines) is 1. The van der Waals surface area contributed by atoms with Gasteiger partial charge in [-0.1, -0.05) is 12.1 Å². The van der Waals surface area contributed by atoms with E-state index in [0.717, 1.165) is 25.9 Å². The molecule has 0 amide bonds. The predicted molar refractivity (Wildman–Crippen MR) is 80.7 cm³/mol. The maximum atomic E-state index is 9.50. The van der Waals surface area contributed by atoms with Gasteiger partial charge in [0.2, 0.25) is 0 Å². The second-order valence-corrected chi connectivity index (χ2v) is 6.04. The molecule has 0 saturated carbocycles. The number of aryl methyl sites for hydroxylation is 4. The first-order valence-electron chi connectivity index (χ1n) is 7.53. The van der Waals surface area contributed by atoms with Gasteiger partial charge in [0.15, 0.2) is 0 Å². The van der Waals surface area contributed by atoms with Crippen LogP contribution in [0.1, 0.15) is 41.5 Å². The van der Waals surface area contributed by atoms with Crippen molar-refractivity contribution < 1.29 is 5.11 Å². The second kappa shape index (κ2) is 6.53. The largest absolute Gasteiger partial charge is 0.393 e. The van der Waals surface area contributed by atoms with Crippen molar-refractivity contribution in [3.8, 4) is 0 Å². The summed E-state index contributed by atoms with van der Waals surface area (Å²) in [5.74, 6) is 0. The second-order valence-electron chi connectivity index (χ2n) is 6.04. The van der Waals surface area contributed by atoms with Crippen LogP contribution >= 0.6 is 0 Å². The van der Waals surface area contributed by atoms with Gasteiger partial charge in [-0.15, -0.1) is 0 Å². The lowest BCUT2D eigenvalue weighted by molar-refractivity contribution is 0.0821. The van der Waals surface area contributed by atoms with Crippen LogP contribution in [0.3, 0.4) is 0 Å². The Morgan fingerprint density at radius 3 is 2.37 bits per heavy atom. The van der Waals surface area contributed by atoms with E-state index in [0.29, 0.717) is 0 Å². The average molecular weight is 261 g/mol. The summed E-state index contributed by atoms with van der Waals surface area (Å²) in [6.45, 7) is 9.90. The van der Waals surface area contributed by atoms with E-state index >= 15 is 0 Å². The van der Waals surface area contributed by atoms with Crippen molar-refractivity contribution in [2.45, 2.75) is 52.6 Å². The molecule has 1 aromatic carbocycles. The van der Waals surface area contributed by atoms with Crippen LogP contribution in [0.15, 0.2) is 12.1 Å². The molecule has 1 saturated heterocycles. The van der Waals surface area contributed by atoms with Gasteiger partial charge in [-0.3, -0.25) is 0 Å². The Balaban J connectivity index is 1.81. The number of hydrogen-bond donors (Lipinski definition) is 1. The Morgan fingerprint density at radius 1 is 1.05 bits per heavy atom. The monoisotopic (exact) mass is 261 g/mol. The highest BCUT2D eigenvalue weighted by molar-refractivity contribution is 5.36. The van der Waals surface area contributed by atoms with Gasteiger partial charge < -0.3 is 10.0 Å². The van der Waals surface area contributed by atoms with Gasteiger partial charge >= 0.3 is 0 Å². The van der Waals surface area contributed by atoms with Crippen molar-refractivity contribution in [3.63, 3.8) is 0 Å². The summed E-state index contributed by atoms with van der Waals surface area (Å²) in [6, 6.07) is 4.66. The summed E-state index contributed by atoms with van der Waals surface area (Å²) in [7, 11) is 0. The van der Waals surface area contributed by atoms with Crippen LogP contribution in [0.5, 0.6) is 0 Å². The summed E-state index contributed by atoms with van der Waals surface area (Å²) in [6.07, 6.45) is 4.23. The lowest BCUT2D eigenvalue weighted by Crippen LogP contribution is -2.36. The maximum absolute atomic E-state index is 9.50. The molecule has 1 aliphatic heterocycles. The molecular formula is C17H27NO. The van der Waals surface area contributed by atoms with E-state index in [9.17, 15) is 5.11 Å². The van der Waals surface area contributed by atoms with Gasteiger partial charge in [0, 0.05) is 13.1 Å². The zero-order valence-corrected chi connectivity index (χ0v) is 12.6. The summed E-state index contributed by atoms with van der Waals surface area (Å²) >= 11 is 0. The summed E-state index contributed by atoms with van der Waals surface area (Å²) < 4.78 is 0. The Kier molecular flexibility index (Phi) is 5.00. The van der Waals surface area contributed by atoms with Crippen LogP contribution in [-0.2, 0) is 6.42 Å². The molecular weight excluding hydrogens is 234 g/mol. The van der Waals surface area contributed by atoms with Gasteiger partial charge in [0.05, 0.1) is 6.10 Å². The van der Waals surface area contributed by atoms with Crippen LogP contribution in [0, 0.1) is 20.8 Å². The molecule has 2 nitrogen and oxygen atoms in total. The molecule has 0 spiro atoms. The van der Waals surface area contributed by atoms with Crippen molar-refractivity contribution >= 4 is 0 Å². The fourth-order valence-corrected chi connectivity index (χ4v) is 2.93. The number of aliphatic hydroxyl groups is 1. The van der Waals surface area contributed by atoms with Crippen LogP contribution in [0.25, 0.3) is 0 Å². The molecule has 106 valence electrons. The smallest absolute Gasteiger partial charge is 0.0564 e. The van der Waals surface area contributed by atoms with Crippen molar-refractivity contribution in [2.24, 2.45) is 0 Å². The third-order valence-corrected chi connectivity index (χ3v) is 4.43. The molecule has 0 unspecified atom stereocenters. The highest BCUT2D eigenvalue weighted by Gasteiger charge is 2.16. The Hall–Kier alpha value is -0.860. The van der Waals surface area contributed by atoms with E-state index in [-0.39, 0.29) is 6.10 Å². The zero-order valence-electron chi connectivity index (χ0n) is 12.6. The van der Waals surface area contributed by atoms with Crippen LogP contribution < -0.4 is 0 Å². The molecule has 1 aromatic rings. The minimum Gasteiger partial charge on any atom is -0.393 e. The summed E-state index contributed by atoms with van der Waals surface area (Å²) in [4.78, 5) is 2.49. The van der Waals surface area contributed by atoms with E-state index < -0.39 is 0 Å². The van der Waals surface area contributed by atoms with E-state index in [1.54, 1.807) is 0 Å². The molecule has 1 fully saturated rings. The lowest BCUT2D eigenvalue weighted by Gasteiger charge is -2.29. The predicted octanol–water partition coefficient (Wildman–Crippen LogP) is 3.00. The molecule has 0 bridgehead atoms. The normalized spacial score (nSPS) is 17.9. The molecule has 19 heavy (non-hydrogen) atoms. The number of aliphatic hydroxyl groups excluding tert-OH is 1. The average Bonchev–Trinajstić information content (AvgIpc) is 2.38. The highest BCUT2D eigenvalue weighted by Crippen LogP contribution is 2.17. The first-order chi connectivity index (χ1) is 9.06. The zero-order chi connectivity index (χ0) is 13.8. The molecule has 1 N–H and O–H groups in total. The fraction of sp³-hybridized carbons (Fsp3) is 0.647. The molecule has 2 heteroatoms. The molecule has 2 rings (SSSR count). The Morgan fingerprint density at radius 2 is 1.68 bits per heavy atom. The van der Waals surface area contributed by atoms with Crippen LogP contribution in [-0.4, -0.2) is 35.7 Å². The highest BCUT2D eigenvalue weighted by atomic mass is 16.3. The molecule has 0 atom stereocenters. The molecule has 0 aromatic heterocycles. The quantitative estimate of drug-likeness (QED) is 0.900. The van der Waals surface area contributed by atoms with E-state index in [2.05, 4.69) is 37.8 Å². The lowest BCUT2D eigenvalue weighted by atomic mass is 9.97. The molecule has 0 radical (unpaired) electrons. The van der Waals surface area contributed by atoms with Crippen LogP contribution in [0.2, 0.25) is 0 Å². The van der Waals surface area contributed by atoms with Gasteiger partial charge in [0.1, 0.15) is 0 Å². The Bertz CT molecular complexity index is 420. The molecule has 0 aliphatic carbocycles. The first-order valence-corrected chi connectivity index (χ1v) is 7.53. The van der Waals surface area contributed by atoms with E-state index in [4.69, 9.17) is 0 Å². The van der Waals surface area contributed by atoms with Crippen molar-refractivity contribution in [1.82, 2.24) is 4.90 Å². The number of rotatable bonds is 4. The SMILES string of the molecule is Cc1cc(C)c(CCCN2CCC(O)CC2)cc1C. The fourth-order valence-electron chi connectivity index (χ4n) is 2.93. The third-order valence-electron chi connectivity index (χ3n) is 4.43. The van der Waals surface area contributed by atoms with Gasteiger partial charge in [-0.05, 0) is 75.3 Å². The molecule has 1 aliphatic rings. The maximum Gasteiger partial charge on any atom is 0.0564 e. The van der Waals surface area contributed by atoms with Crippen LogP contribution in [0.4, 0.5) is 0 Å². The molecule has 1 heterocycles. The summed E-state index contributed by atoms with van der Waals surface area (Å²) in [5, 5.41) is 9.50. The third kappa shape index (κ3) is 4.05. The van der Waals surface area contributed by atoms with Gasteiger partial charge in [-0.2, -0.15) is 0 Å². The van der Waals surface area contributed by atoms with Crippen molar-refractivity contribution in [1.29, 1.82) is 0 Å². The van der Waals surface area contributed by atoms with E-state index in [1.807, 2.05) is 0 Å². The van der Waals surface area contributed by atoms with Gasteiger partial charge in [0.25, 0.3) is 0 Å². The first kappa shape index (κ1) is 14.5. The standard InChI is InChI=1S/C17H27NO/c1-13-11-15(3)16(12-14(13)2)5-4-8-18-9-6-17(19)7-10-18/h11-12,17,19H,4-10H2,1-3H3.